The molecule has 90 valence electrons. The number of thioether (sulfide) groups is 1. The number of amides is 1. The third kappa shape index (κ3) is 8.72. The predicted octanol–water partition coefficient (Wildman–Crippen LogP) is 0.136. The van der Waals surface area contributed by atoms with E-state index in [1.165, 1.54) is 0 Å². The lowest BCUT2D eigenvalue weighted by Gasteiger charge is -2.17. The first-order chi connectivity index (χ1) is 7.24. The molecule has 5 heteroatoms. The first-order valence-electron chi connectivity index (χ1n) is 5.51. The average molecular weight is 233 g/mol. The number of nitrogens with two attached hydrogens (primary N) is 1. The Hall–Kier alpha value is -0.260. The van der Waals surface area contributed by atoms with Crippen molar-refractivity contribution in [2.75, 3.05) is 44.2 Å². The number of hydrogen-bond acceptors (Lipinski definition) is 4. The van der Waals surface area contributed by atoms with Gasteiger partial charge >= 0.3 is 0 Å². The summed E-state index contributed by atoms with van der Waals surface area (Å²) in [5, 5.41) is 2.75. The van der Waals surface area contributed by atoms with E-state index in [4.69, 9.17) is 5.73 Å². The smallest absolute Gasteiger partial charge is 0.230 e. The van der Waals surface area contributed by atoms with Crippen LogP contribution in [0.25, 0.3) is 0 Å². The molecule has 0 aliphatic carbocycles. The van der Waals surface area contributed by atoms with Crippen LogP contribution in [0.4, 0.5) is 0 Å². The summed E-state index contributed by atoms with van der Waals surface area (Å²) >= 11 is 1.68. The second kappa shape index (κ2) is 10.3. The van der Waals surface area contributed by atoms with E-state index in [0.29, 0.717) is 18.8 Å². The quantitative estimate of drug-likeness (QED) is 0.556. The van der Waals surface area contributed by atoms with Gasteiger partial charge < -0.3 is 16.0 Å². The lowest BCUT2D eigenvalue weighted by molar-refractivity contribution is -0.118. The Morgan fingerprint density at radius 2 is 2.07 bits per heavy atom. The Morgan fingerprint density at radius 3 is 2.60 bits per heavy atom. The molecule has 0 aromatic carbocycles. The van der Waals surface area contributed by atoms with Crippen molar-refractivity contribution in [1.29, 1.82) is 0 Å². The average Bonchev–Trinajstić information content (AvgIpc) is 2.26. The van der Waals surface area contributed by atoms with Crippen molar-refractivity contribution in [2.24, 2.45) is 5.73 Å². The summed E-state index contributed by atoms with van der Waals surface area (Å²) in [6, 6.07) is 0. The van der Waals surface area contributed by atoms with E-state index in [0.717, 1.165) is 25.4 Å². The molecule has 0 atom stereocenters. The van der Waals surface area contributed by atoms with Crippen LogP contribution >= 0.6 is 11.8 Å². The van der Waals surface area contributed by atoms with Crippen molar-refractivity contribution >= 4 is 17.7 Å². The van der Waals surface area contributed by atoms with Crippen LogP contribution in [-0.4, -0.2) is 55.0 Å². The molecular formula is C10H23N3OS. The monoisotopic (exact) mass is 233 g/mol. The highest BCUT2D eigenvalue weighted by Crippen LogP contribution is 2.00. The van der Waals surface area contributed by atoms with Crippen LogP contribution in [0.2, 0.25) is 0 Å². The van der Waals surface area contributed by atoms with Crippen molar-refractivity contribution in [3.63, 3.8) is 0 Å². The molecule has 0 aliphatic heterocycles. The van der Waals surface area contributed by atoms with E-state index in [-0.39, 0.29) is 5.91 Å². The van der Waals surface area contributed by atoms with Gasteiger partial charge in [-0.3, -0.25) is 4.79 Å². The normalized spacial score (nSPS) is 10.7. The highest BCUT2D eigenvalue weighted by atomic mass is 32.2. The molecule has 0 saturated carbocycles. The van der Waals surface area contributed by atoms with Crippen LogP contribution in [0, 0.1) is 0 Å². The number of carbonyl (C=O) groups excluding carboxylic acids is 1. The van der Waals surface area contributed by atoms with Gasteiger partial charge in [0.25, 0.3) is 0 Å². The van der Waals surface area contributed by atoms with Gasteiger partial charge in [0.2, 0.25) is 5.91 Å². The molecule has 3 N–H and O–H groups in total. The summed E-state index contributed by atoms with van der Waals surface area (Å²) in [4.78, 5) is 13.5. The molecule has 0 heterocycles. The summed E-state index contributed by atoms with van der Waals surface area (Å²) in [6.45, 7) is 8.62. The van der Waals surface area contributed by atoms with Gasteiger partial charge in [-0.2, -0.15) is 11.8 Å². The number of hydrogen-bond donors (Lipinski definition) is 2. The van der Waals surface area contributed by atoms with Gasteiger partial charge in [-0.1, -0.05) is 13.8 Å². The Morgan fingerprint density at radius 1 is 1.40 bits per heavy atom. The van der Waals surface area contributed by atoms with E-state index in [1.54, 1.807) is 11.8 Å². The van der Waals surface area contributed by atoms with E-state index in [2.05, 4.69) is 24.1 Å². The Labute approximate surface area is 97.0 Å². The number of nitrogens with one attached hydrogen (secondary N) is 1. The summed E-state index contributed by atoms with van der Waals surface area (Å²) in [5.41, 5.74) is 5.28. The Bertz CT molecular complexity index is 163. The molecule has 0 bridgehead atoms. The molecule has 1 amide bonds. The molecule has 0 spiro atoms. The topological polar surface area (TPSA) is 58.4 Å². The largest absolute Gasteiger partial charge is 0.354 e. The SMILES string of the molecule is CCN(CC)CCSCC(=O)NCCN. The maximum absolute atomic E-state index is 11.2. The highest BCUT2D eigenvalue weighted by molar-refractivity contribution is 7.99. The minimum Gasteiger partial charge on any atom is -0.354 e. The number of rotatable bonds is 9. The molecule has 0 fully saturated rings. The molecule has 4 nitrogen and oxygen atoms in total. The first kappa shape index (κ1) is 14.7. The molecule has 0 rings (SSSR count). The minimum atomic E-state index is 0.0880. The highest BCUT2D eigenvalue weighted by Gasteiger charge is 2.02. The third-order valence-corrected chi connectivity index (χ3v) is 3.08. The second-order valence-corrected chi connectivity index (χ2v) is 4.32. The summed E-state index contributed by atoms with van der Waals surface area (Å²) in [6.07, 6.45) is 0. The molecule has 15 heavy (non-hydrogen) atoms. The number of carbonyl (C=O) groups is 1. The molecule has 0 aliphatic rings. The molecule has 0 aromatic rings. The van der Waals surface area contributed by atoms with Gasteiger partial charge in [-0.05, 0) is 13.1 Å². The maximum atomic E-state index is 11.2. The van der Waals surface area contributed by atoms with Crippen molar-refractivity contribution in [1.82, 2.24) is 10.2 Å². The van der Waals surface area contributed by atoms with Crippen LogP contribution in [0.15, 0.2) is 0 Å². The maximum Gasteiger partial charge on any atom is 0.230 e. The fourth-order valence-electron chi connectivity index (χ4n) is 1.16. The summed E-state index contributed by atoms with van der Waals surface area (Å²) in [5.74, 6) is 1.64. The van der Waals surface area contributed by atoms with Gasteiger partial charge in [-0.25, -0.2) is 0 Å². The zero-order valence-electron chi connectivity index (χ0n) is 9.79. The minimum absolute atomic E-state index is 0.0880. The molecular weight excluding hydrogens is 210 g/mol. The van der Waals surface area contributed by atoms with E-state index >= 15 is 0 Å². The van der Waals surface area contributed by atoms with Gasteiger partial charge in [0.1, 0.15) is 0 Å². The molecule has 0 radical (unpaired) electrons. The van der Waals surface area contributed by atoms with Crippen LogP contribution in [-0.2, 0) is 4.79 Å². The molecule has 0 saturated heterocycles. The predicted molar refractivity (Wildman–Crippen MR) is 67.2 cm³/mol. The zero-order valence-corrected chi connectivity index (χ0v) is 10.6. The van der Waals surface area contributed by atoms with Gasteiger partial charge in [0.15, 0.2) is 0 Å². The third-order valence-electron chi connectivity index (χ3n) is 2.15. The first-order valence-corrected chi connectivity index (χ1v) is 6.66. The molecule has 0 aromatic heterocycles. The van der Waals surface area contributed by atoms with E-state index in [9.17, 15) is 4.79 Å². The van der Waals surface area contributed by atoms with Crippen LogP contribution in [0.3, 0.4) is 0 Å². The lowest BCUT2D eigenvalue weighted by Crippen LogP contribution is -2.31. The molecule has 0 unspecified atom stereocenters. The zero-order chi connectivity index (χ0) is 11.5. The lowest BCUT2D eigenvalue weighted by atomic mass is 10.5. The van der Waals surface area contributed by atoms with Gasteiger partial charge in [-0.15, -0.1) is 0 Å². The fourth-order valence-corrected chi connectivity index (χ4v) is 1.98. The summed E-state index contributed by atoms with van der Waals surface area (Å²) < 4.78 is 0. The summed E-state index contributed by atoms with van der Waals surface area (Å²) in [7, 11) is 0. The van der Waals surface area contributed by atoms with Crippen molar-refractivity contribution in [3.05, 3.63) is 0 Å². The van der Waals surface area contributed by atoms with E-state index < -0.39 is 0 Å². The van der Waals surface area contributed by atoms with Crippen molar-refractivity contribution in [3.8, 4) is 0 Å². The van der Waals surface area contributed by atoms with Crippen molar-refractivity contribution < 1.29 is 4.79 Å². The van der Waals surface area contributed by atoms with Crippen LogP contribution in [0.1, 0.15) is 13.8 Å². The van der Waals surface area contributed by atoms with Crippen molar-refractivity contribution in [2.45, 2.75) is 13.8 Å². The van der Waals surface area contributed by atoms with E-state index in [1.807, 2.05) is 0 Å². The van der Waals surface area contributed by atoms with Crippen LogP contribution < -0.4 is 11.1 Å². The van der Waals surface area contributed by atoms with Gasteiger partial charge in [0.05, 0.1) is 5.75 Å². The standard InChI is InChI=1S/C10H23N3OS/c1-3-13(4-2)7-8-15-9-10(14)12-6-5-11/h3-9,11H2,1-2H3,(H,12,14). The van der Waals surface area contributed by atoms with Gasteiger partial charge in [0, 0.05) is 25.4 Å². The Kier molecular flexibility index (Phi) is 10.1. The Balaban J connectivity index is 3.33. The fraction of sp³-hybridized carbons (Fsp3) is 0.900. The van der Waals surface area contributed by atoms with Crippen LogP contribution in [0.5, 0.6) is 0 Å². The second-order valence-electron chi connectivity index (χ2n) is 3.22. The number of nitrogens with zero attached hydrogens (tertiary/aromatic N) is 1.